The molecule has 0 heterocycles. The van der Waals surface area contributed by atoms with E-state index in [1.165, 1.54) is 0 Å². The molecule has 0 aliphatic heterocycles. The number of carbonyl (C=O) groups excluding carboxylic acids is 1. The number of hydrogen-bond acceptors (Lipinski definition) is 2. The second-order valence-corrected chi connectivity index (χ2v) is 5.08. The van der Waals surface area contributed by atoms with Crippen molar-refractivity contribution < 1.29 is 9.53 Å². The van der Waals surface area contributed by atoms with E-state index in [4.69, 9.17) is 4.74 Å². The molecular weight excluding hydrogens is 208 g/mol. The van der Waals surface area contributed by atoms with Gasteiger partial charge >= 0.3 is 5.97 Å². The Labute approximate surface area is 76.4 Å². The molecule has 0 saturated carbocycles. The second kappa shape index (κ2) is 4.10. The lowest BCUT2D eigenvalue weighted by atomic mass is 10.2. The van der Waals surface area contributed by atoms with Crippen LogP contribution in [-0.2, 0) is 9.53 Å². The minimum Gasteiger partial charge on any atom is -0.462 e. The average Bonchev–Trinajstić information content (AvgIpc) is 1.85. The molecule has 11 heavy (non-hydrogen) atoms. The number of alkyl halides is 1. The fourth-order valence-electron chi connectivity index (χ4n) is 0.406. The smallest absolute Gasteiger partial charge is 0.322 e. The zero-order chi connectivity index (χ0) is 9.07. The molecule has 0 bridgehead atoms. The molecule has 0 aliphatic carbocycles. The van der Waals surface area contributed by atoms with Crippen LogP contribution in [0.15, 0.2) is 0 Å². The lowest BCUT2D eigenvalue weighted by Gasteiger charge is -2.18. The molecular formula is C8H15BrO2. The van der Waals surface area contributed by atoms with Crippen molar-refractivity contribution in [3.05, 3.63) is 0 Å². The van der Waals surface area contributed by atoms with Crippen molar-refractivity contribution in [2.75, 3.05) is 0 Å². The van der Waals surface area contributed by atoms with Crippen LogP contribution >= 0.6 is 15.9 Å². The van der Waals surface area contributed by atoms with Gasteiger partial charge < -0.3 is 4.74 Å². The Balaban J connectivity index is 3.88. The van der Waals surface area contributed by atoms with Gasteiger partial charge in [-0.2, -0.15) is 0 Å². The van der Waals surface area contributed by atoms with Crippen LogP contribution in [0.4, 0.5) is 0 Å². The molecule has 0 aliphatic rings. The van der Waals surface area contributed by atoms with E-state index in [0.717, 1.165) is 6.42 Å². The van der Waals surface area contributed by atoms with Gasteiger partial charge in [0.05, 0.1) is 6.10 Å². The third-order valence-electron chi connectivity index (χ3n) is 1.37. The van der Waals surface area contributed by atoms with Crippen LogP contribution in [0.3, 0.4) is 0 Å². The summed E-state index contributed by atoms with van der Waals surface area (Å²) in [6, 6.07) is 0. The Morgan fingerprint density at radius 3 is 2.36 bits per heavy atom. The second-order valence-electron chi connectivity index (χ2n) is 3.10. The molecule has 66 valence electrons. The highest BCUT2D eigenvalue weighted by molar-refractivity contribution is 9.10. The van der Waals surface area contributed by atoms with Gasteiger partial charge in [0, 0.05) is 0 Å². The number of halogens is 1. The first-order chi connectivity index (χ1) is 4.88. The highest BCUT2D eigenvalue weighted by Gasteiger charge is 2.26. The van der Waals surface area contributed by atoms with Gasteiger partial charge in [-0.3, -0.25) is 4.79 Å². The van der Waals surface area contributed by atoms with Crippen molar-refractivity contribution in [2.24, 2.45) is 0 Å². The summed E-state index contributed by atoms with van der Waals surface area (Å²) in [7, 11) is 0. The van der Waals surface area contributed by atoms with Crippen LogP contribution in [0.2, 0.25) is 0 Å². The molecule has 0 aromatic carbocycles. The fourth-order valence-corrected chi connectivity index (χ4v) is 0.500. The van der Waals surface area contributed by atoms with Crippen molar-refractivity contribution in [2.45, 2.75) is 44.5 Å². The minimum atomic E-state index is -0.559. The number of ether oxygens (including phenoxy) is 1. The van der Waals surface area contributed by atoms with Crippen LogP contribution in [0, 0.1) is 0 Å². The highest BCUT2D eigenvalue weighted by Crippen LogP contribution is 2.18. The van der Waals surface area contributed by atoms with Crippen molar-refractivity contribution in [1.29, 1.82) is 0 Å². The molecule has 0 radical (unpaired) electrons. The summed E-state index contributed by atoms with van der Waals surface area (Å²) in [4.78, 5) is 11.2. The molecule has 0 rings (SSSR count). The van der Waals surface area contributed by atoms with Crippen LogP contribution in [0.25, 0.3) is 0 Å². The molecule has 3 heteroatoms. The Hall–Kier alpha value is -0.0500. The number of hydrogen-bond donors (Lipinski definition) is 0. The third-order valence-corrected chi connectivity index (χ3v) is 1.69. The molecule has 0 spiro atoms. The molecule has 0 aromatic rings. The quantitative estimate of drug-likeness (QED) is 0.542. The predicted octanol–water partition coefficient (Wildman–Crippen LogP) is 2.50. The fraction of sp³-hybridized carbons (Fsp3) is 0.875. The van der Waals surface area contributed by atoms with Crippen LogP contribution < -0.4 is 0 Å². The van der Waals surface area contributed by atoms with E-state index in [-0.39, 0.29) is 12.1 Å². The molecule has 1 atom stereocenters. The summed E-state index contributed by atoms with van der Waals surface area (Å²) in [5.41, 5.74) is 0. The molecule has 0 amide bonds. The standard InChI is InChI=1S/C8H15BrO2/c1-5-6(2)11-7(10)8(3,4)9/h6H,5H2,1-4H3. The Bertz CT molecular complexity index is 138. The maximum atomic E-state index is 11.2. The first kappa shape index (κ1) is 11.0. The van der Waals surface area contributed by atoms with E-state index in [1.807, 2.05) is 13.8 Å². The summed E-state index contributed by atoms with van der Waals surface area (Å²) in [6.45, 7) is 7.42. The first-order valence-electron chi connectivity index (χ1n) is 3.78. The maximum absolute atomic E-state index is 11.2. The van der Waals surface area contributed by atoms with Crippen molar-refractivity contribution in [3.8, 4) is 0 Å². The van der Waals surface area contributed by atoms with Gasteiger partial charge in [-0.05, 0) is 27.2 Å². The summed E-state index contributed by atoms with van der Waals surface area (Å²) in [5, 5.41) is 0. The Kier molecular flexibility index (Phi) is 4.08. The zero-order valence-electron chi connectivity index (χ0n) is 7.48. The van der Waals surface area contributed by atoms with Gasteiger partial charge in [-0.25, -0.2) is 0 Å². The van der Waals surface area contributed by atoms with E-state index >= 15 is 0 Å². The van der Waals surface area contributed by atoms with Crippen LogP contribution in [0.5, 0.6) is 0 Å². The van der Waals surface area contributed by atoms with Crippen LogP contribution in [-0.4, -0.2) is 16.4 Å². The molecule has 0 aromatic heterocycles. The van der Waals surface area contributed by atoms with Gasteiger partial charge in [0.2, 0.25) is 0 Å². The molecule has 0 N–H and O–H groups in total. The largest absolute Gasteiger partial charge is 0.462 e. The van der Waals surface area contributed by atoms with Crippen LogP contribution in [0.1, 0.15) is 34.1 Å². The maximum Gasteiger partial charge on any atom is 0.322 e. The molecule has 0 fully saturated rings. The highest BCUT2D eigenvalue weighted by atomic mass is 79.9. The normalized spacial score (nSPS) is 14.3. The van der Waals surface area contributed by atoms with Gasteiger partial charge in [-0.15, -0.1) is 0 Å². The molecule has 0 saturated heterocycles. The van der Waals surface area contributed by atoms with Gasteiger partial charge in [0.1, 0.15) is 4.32 Å². The van der Waals surface area contributed by atoms with Crippen molar-refractivity contribution in [1.82, 2.24) is 0 Å². The van der Waals surface area contributed by atoms with Gasteiger partial charge in [0.15, 0.2) is 0 Å². The number of rotatable bonds is 3. The molecule has 1 unspecified atom stereocenters. The zero-order valence-corrected chi connectivity index (χ0v) is 9.06. The van der Waals surface area contributed by atoms with Crippen molar-refractivity contribution >= 4 is 21.9 Å². The Morgan fingerprint density at radius 2 is 2.09 bits per heavy atom. The van der Waals surface area contributed by atoms with Gasteiger partial charge in [0.25, 0.3) is 0 Å². The van der Waals surface area contributed by atoms with E-state index in [0.29, 0.717) is 0 Å². The predicted molar refractivity (Wildman–Crippen MR) is 48.9 cm³/mol. The summed E-state index contributed by atoms with van der Waals surface area (Å²) in [6.07, 6.45) is 0.869. The van der Waals surface area contributed by atoms with E-state index in [9.17, 15) is 4.79 Å². The molecule has 2 nitrogen and oxygen atoms in total. The SMILES string of the molecule is CCC(C)OC(=O)C(C)(C)Br. The Morgan fingerprint density at radius 1 is 1.64 bits per heavy atom. The number of carbonyl (C=O) groups is 1. The van der Waals surface area contributed by atoms with E-state index in [2.05, 4.69) is 15.9 Å². The number of esters is 1. The lowest BCUT2D eigenvalue weighted by molar-refractivity contribution is -0.150. The lowest BCUT2D eigenvalue weighted by Crippen LogP contribution is -2.29. The van der Waals surface area contributed by atoms with Crippen molar-refractivity contribution in [3.63, 3.8) is 0 Å². The topological polar surface area (TPSA) is 26.3 Å². The minimum absolute atomic E-state index is 0.0133. The van der Waals surface area contributed by atoms with Gasteiger partial charge in [-0.1, -0.05) is 22.9 Å². The van der Waals surface area contributed by atoms with E-state index in [1.54, 1.807) is 13.8 Å². The summed E-state index contributed by atoms with van der Waals surface area (Å²) >= 11 is 3.23. The van der Waals surface area contributed by atoms with E-state index < -0.39 is 4.32 Å². The first-order valence-corrected chi connectivity index (χ1v) is 4.57. The average molecular weight is 223 g/mol. The third kappa shape index (κ3) is 4.40. The monoisotopic (exact) mass is 222 g/mol. The summed E-state index contributed by atoms with van der Waals surface area (Å²) in [5.74, 6) is -0.202. The summed E-state index contributed by atoms with van der Waals surface area (Å²) < 4.78 is 4.52.